The fourth-order valence-electron chi connectivity index (χ4n) is 1.89. The van der Waals surface area contributed by atoms with Crippen LogP contribution in [0.25, 0.3) is 5.69 Å². The Morgan fingerprint density at radius 2 is 1.94 bits per heavy atom. The van der Waals surface area contributed by atoms with E-state index in [1.54, 1.807) is 0 Å². The van der Waals surface area contributed by atoms with Gasteiger partial charge in [-0.3, -0.25) is 5.10 Å². The van der Waals surface area contributed by atoms with Crippen molar-refractivity contribution in [2.45, 2.75) is 26.7 Å². The second kappa shape index (κ2) is 5.87. The van der Waals surface area contributed by atoms with Crippen LogP contribution in [0.1, 0.15) is 26.0 Å². The molecule has 1 heterocycles. The highest BCUT2D eigenvalue weighted by Crippen LogP contribution is 2.16. The number of aromatic nitrogens is 2. The third kappa shape index (κ3) is 2.82. The van der Waals surface area contributed by atoms with E-state index in [4.69, 9.17) is 17.0 Å². The number of nitrogens with zero attached hydrogens (tertiary/aromatic N) is 1. The molecule has 4 heteroatoms. The maximum Gasteiger partial charge on any atom is 0.127 e. The Hall–Kier alpha value is -1.55. The Morgan fingerprint density at radius 3 is 2.56 bits per heavy atom. The number of hydrogen-bond acceptors (Lipinski definition) is 2. The van der Waals surface area contributed by atoms with Crippen molar-refractivity contribution < 1.29 is 4.74 Å². The Balaban J connectivity index is 2.27. The molecule has 2 aromatic rings. The fourth-order valence-corrected chi connectivity index (χ4v) is 2.19. The Labute approximate surface area is 112 Å². The van der Waals surface area contributed by atoms with Gasteiger partial charge in [-0.15, -0.1) is 0 Å². The topological polar surface area (TPSA) is 29.9 Å². The first-order chi connectivity index (χ1) is 8.74. The van der Waals surface area contributed by atoms with Crippen molar-refractivity contribution in [2.75, 3.05) is 6.61 Å². The summed E-state index contributed by atoms with van der Waals surface area (Å²) in [6.07, 6.45) is 2.13. The van der Waals surface area contributed by atoms with Gasteiger partial charge in [-0.05, 0) is 43.7 Å². The van der Waals surface area contributed by atoms with E-state index in [0.717, 1.165) is 28.9 Å². The minimum atomic E-state index is 0.682. The Morgan fingerprint density at radius 1 is 1.22 bits per heavy atom. The monoisotopic (exact) mass is 262 g/mol. The lowest BCUT2D eigenvalue weighted by Gasteiger charge is -2.06. The summed E-state index contributed by atoms with van der Waals surface area (Å²) in [4.78, 5) is 0. The summed E-state index contributed by atoms with van der Waals surface area (Å²) in [6.45, 7) is 4.82. The van der Waals surface area contributed by atoms with Gasteiger partial charge in [-0.1, -0.05) is 25.6 Å². The molecule has 96 valence electrons. The van der Waals surface area contributed by atoms with Crippen molar-refractivity contribution in [1.29, 1.82) is 0 Å². The molecule has 0 unspecified atom stereocenters. The molecule has 0 saturated heterocycles. The van der Waals surface area contributed by atoms with E-state index in [9.17, 15) is 0 Å². The SMILES string of the molecule is CCCc1cc(=S)n(-c2ccc(OCC)cc2)[nH]1. The van der Waals surface area contributed by atoms with Crippen molar-refractivity contribution in [3.63, 3.8) is 0 Å². The molecule has 0 atom stereocenters. The lowest BCUT2D eigenvalue weighted by atomic mass is 10.3. The van der Waals surface area contributed by atoms with E-state index < -0.39 is 0 Å². The standard InChI is InChI=1S/C14H18N2OS/c1-3-5-11-10-14(18)16(15-11)12-6-8-13(9-7-12)17-4-2/h6-10,15H,3-5H2,1-2H3. The predicted octanol–water partition coefficient (Wildman–Crippen LogP) is 3.89. The molecule has 0 fully saturated rings. The van der Waals surface area contributed by atoms with E-state index in [2.05, 4.69) is 12.0 Å². The first-order valence-electron chi connectivity index (χ1n) is 6.28. The zero-order chi connectivity index (χ0) is 13.0. The minimum absolute atomic E-state index is 0.682. The third-order valence-electron chi connectivity index (χ3n) is 2.70. The highest BCUT2D eigenvalue weighted by Gasteiger charge is 2.02. The number of H-pyrrole nitrogens is 1. The lowest BCUT2D eigenvalue weighted by Crippen LogP contribution is -1.98. The highest BCUT2D eigenvalue weighted by molar-refractivity contribution is 7.71. The molecule has 0 aliphatic heterocycles. The van der Waals surface area contributed by atoms with Crippen molar-refractivity contribution >= 4 is 12.2 Å². The average molecular weight is 262 g/mol. The van der Waals surface area contributed by atoms with Crippen molar-refractivity contribution in [3.8, 4) is 11.4 Å². The largest absolute Gasteiger partial charge is 0.494 e. The van der Waals surface area contributed by atoms with Crippen LogP contribution < -0.4 is 4.74 Å². The van der Waals surface area contributed by atoms with E-state index in [1.165, 1.54) is 5.69 Å². The van der Waals surface area contributed by atoms with Gasteiger partial charge < -0.3 is 4.74 Å². The Bertz CT molecular complexity index is 554. The summed E-state index contributed by atoms with van der Waals surface area (Å²) in [7, 11) is 0. The number of hydrogen-bond donors (Lipinski definition) is 1. The number of nitrogens with one attached hydrogen (secondary N) is 1. The molecule has 0 saturated carbocycles. The first-order valence-corrected chi connectivity index (χ1v) is 6.69. The van der Waals surface area contributed by atoms with Gasteiger partial charge in [0.2, 0.25) is 0 Å². The molecule has 2 rings (SSSR count). The van der Waals surface area contributed by atoms with Crippen LogP contribution in [-0.2, 0) is 6.42 Å². The maximum atomic E-state index is 5.43. The van der Waals surface area contributed by atoms with E-state index in [1.807, 2.05) is 41.9 Å². The molecular weight excluding hydrogens is 244 g/mol. The molecule has 1 aromatic carbocycles. The molecule has 0 aliphatic carbocycles. The zero-order valence-electron chi connectivity index (χ0n) is 10.8. The minimum Gasteiger partial charge on any atom is -0.494 e. The van der Waals surface area contributed by atoms with Crippen LogP contribution in [0.5, 0.6) is 5.75 Å². The van der Waals surface area contributed by atoms with Crippen LogP contribution >= 0.6 is 12.2 Å². The van der Waals surface area contributed by atoms with Crippen molar-refractivity contribution in [1.82, 2.24) is 9.78 Å². The van der Waals surface area contributed by atoms with Crippen molar-refractivity contribution in [3.05, 3.63) is 40.7 Å². The second-order valence-electron chi connectivity index (χ2n) is 4.13. The molecule has 3 nitrogen and oxygen atoms in total. The van der Waals surface area contributed by atoms with Gasteiger partial charge in [0.15, 0.2) is 0 Å². The highest BCUT2D eigenvalue weighted by atomic mass is 32.1. The quantitative estimate of drug-likeness (QED) is 0.829. The van der Waals surface area contributed by atoms with Gasteiger partial charge in [-0.25, -0.2) is 4.68 Å². The van der Waals surface area contributed by atoms with Gasteiger partial charge in [0.1, 0.15) is 10.4 Å². The average Bonchev–Trinajstić information content (AvgIpc) is 2.72. The summed E-state index contributed by atoms with van der Waals surface area (Å²) in [5, 5.41) is 3.32. The van der Waals surface area contributed by atoms with Gasteiger partial charge in [0.25, 0.3) is 0 Å². The molecule has 1 aromatic heterocycles. The van der Waals surface area contributed by atoms with E-state index in [0.29, 0.717) is 6.61 Å². The number of aromatic amines is 1. The Kier molecular flexibility index (Phi) is 4.20. The van der Waals surface area contributed by atoms with Crippen LogP contribution in [-0.4, -0.2) is 16.4 Å². The van der Waals surface area contributed by atoms with Crippen LogP contribution in [0.4, 0.5) is 0 Å². The smallest absolute Gasteiger partial charge is 0.127 e. The van der Waals surface area contributed by atoms with Crippen LogP contribution in [0.2, 0.25) is 0 Å². The maximum absolute atomic E-state index is 5.43. The number of benzene rings is 1. The van der Waals surface area contributed by atoms with Crippen molar-refractivity contribution in [2.24, 2.45) is 0 Å². The summed E-state index contributed by atoms with van der Waals surface area (Å²) in [6, 6.07) is 9.96. The first kappa shape index (κ1) is 12.9. The zero-order valence-corrected chi connectivity index (χ0v) is 11.6. The summed E-state index contributed by atoms with van der Waals surface area (Å²) < 4.78 is 8.16. The summed E-state index contributed by atoms with van der Waals surface area (Å²) in [5.41, 5.74) is 2.21. The predicted molar refractivity (Wildman–Crippen MR) is 76.1 cm³/mol. The molecule has 0 radical (unpaired) electrons. The van der Waals surface area contributed by atoms with Crippen LogP contribution in [0, 0.1) is 4.64 Å². The number of ether oxygens (including phenoxy) is 1. The lowest BCUT2D eigenvalue weighted by molar-refractivity contribution is 0.340. The normalized spacial score (nSPS) is 10.6. The summed E-state index contributed by atoms with van der Waals surface area (Å²) in [5.74, 6) is 0.883. The number of rotatable bonds is 5. The molecular formula is C14H18N2OS. The van der Waals surface area contributed by atoms with Crippen LogP contribution in [0.3, 0.4) is 0 Å². The van der Waals surface area contributed by atoms with Gasteiger partial charge in [0.05, 0.1) is 12.3 Å². The second-order valence-corrected chi connectivity index (χ2v) is 4.55. The molecule has 0 bridgehead atoms. The fraction of sp³-hybridized carbons (Fsp3) is 0.357. The number of aryl methyl sites for hydroxylation is 1. The van der Waals surface area contributed by atoms with Crippen LogP contribution in [0.15, 0.2) is 30.3 Å². The molecule has 0 amide bonds. The molecule has 0 spiro atoms. The third-order valence-corrected chi connectivity index (χ3v) is 3.00. The van der Waals surface area contributed by atoms with Gasteiger partial charge in [0, 0.05) is 5.69 Å². The van der Waals surface area contributed by atoms with E-state index in [-0.39, 0.29) is 0 Å². The van der Waals surface area contributed by atoms with Gasteiger partial charge in [-0.2, -0.15) is 0 Å². The van der Waals surface area contributed by atoms with E-state index >= 15 is 0 Å². The molecule has 18 heavy (non-hydrogen) atoms. The molecule has 1 N–H and O–H groups in total. The van der Waals surface area contributed by atoms with Gasteiger partial charge >= 0.3 is 0 Å². The summed E-state index contributed by atoms with van der Waals surface area (Å²) >= 11 is 5.35. The molecule has 0 aliphatic rings.